The fourth-order valence-corrected chi connectivity index (χ4v) is 3.46. The zero-order valence-corrected chi connectivity index (χ0v) is 19.7. The van der Waals surface area contributed by atoms with Gasteiger partial charge in [0, 0.05) is 6.61 Å². The monoisotopic (exact) mass is 414 g/mol. The molecule has 0 radical (unpaired) electrons. The highest BCUT2D eigenvalue weighted by Gasteiger charge is 2.00. The van der Waals surface area contributed by atoms with Gasteiger partial charge in [0.15, 0.2) is 0 Å². The molecule has 0 aliphatic rings. The molecule has 0 bridgehead atoms. The van der Waals surface area contributed by atoms with Crippen LogP contribution in [0.2, 0.25) is 0 Å². The van der Waals surface area contributed by atoms with E-state index in [2.05, 4.69) is 6.92 Å². The van der Waals surface area contributed by atoms with Crippen molar-refractivity contribution in [3.8, 4) is 0 Å². The Morgan fingerprint density at radius 1 is 0.517 bits per heavy atom. The van der Waals surface area contributed by atoms with Crippen LogP contribution in [0.15, 0.2) is 0 Å². The third kappa shape index (κ3) is 25.4. The molecule has 0 unspecified atom stereocenters. The van der Waals surface area contributed by atoms with Crippen molar-refractivity contribution >= 4 is 5.97 Å². The van der Waals surface area contributed by atoms with E-state index in [1.54, 1.807) is 0 Å². The maximum atomic E-state index is 11.1. The molecule has 0 amide bonds. The first-order valence-electron chi connectivity index (χ1n) is 12.6. The van der Waals surface area contributed by atoms with Gasteiger partial charge in [0.25, 0.3) is 0 Å². The second-order valence-electron chi connectivity index (χ2n) is 8.08. The first kappa shape index (κ1) is 28.4. The van der Waals surface area contributed by atoms with Gasteiger partial charge in [0.05, 0.1) is 32.8 Å². The third-order valence-electron chi connectivity index (χ3n) is 5.27. The summed E-state index contributed by atoms with van der Waals surface area (Å²) in [5.74, 6) is -0.193. The Kier molecular flexibility index (Phi) is 24.9. The van der Waals surface area contributed by atoms with Gasteiger partial charge in [-0.1, -0.05) is 103 Å². The van der Waals surface area contributed by atoms with Crippen LogP contribution in [0, 0.1) is 0 Å². The SMILES string of the molecule is CCCCCCCCCCCCCCCCCCOCCOCCC(=O)OCC. The molecule has 0 aromatic carbocycles. The molecule has 0 fully saturated rings. The minimum Gasteiger partial charge on any atom is -0.466 e. The standard InChI is InChI=1S/C25H50O4/c1-3-5-6-7-8-9-10-11-12-13-14-15-16-17-18-19-21-27-23-24-28-22-20-25(26)29-4-2/h3-24H2,1-2H3. The maximum absolute atomic E-state index is 11.1. The largest absolute Gasteiger partial charge is 0.466 e. The number of hydrogen-bond donors (Lipinski definition) is 0. The summed E-state index contributed by atoms with van der Waals surface area (Å²) in [5.41, 5.74) is 0. The van der Waals surface area contributed by atoms with Crippen molar-refractivity contribution in [1.82, 2.24) is 0 Å². The quantitative estimate of drug-likeness (QED) is 0.123. The van der Waals surface area contributed by atoms with Crippen molar-refractivity contribution in [1.29, 1.82) is 0 Å². The molecule has 0 spiro atoms. The van der Waals surface area contributed by atoms with E-state index in [-0.39, 0.29) is 5.97 Å². The van der Waals surface area contributed by atoms with Crippen LogP contribution in [0.4, 0.5) is 0 Å². The van der Waals surface area contributed by atoms with Crippen molar-refractivity contribution in [2.45, 2.75) is 123 Å². The van der Waals surface area contributed by atoms with E-state index >= 15 is 0 Å². The average Bonchev–Trinajstić information content (AvgIpc) is 2.72. The highest BCUT2D eigenvalue weighted by atomic mass is 16.5. The lowest BCUT2D eigenvalue weighted by Crippen LogP contribution is -2.11. The minimum absolute atomic E-state index is 0.193. The summed E-state index contributed by atoms with van der Waals surface area (Å²) >= 11 is 0. The molecule has 0 heterocycles. The van der Waals surface area contributed by atoms with E-state index in [0.717, 1.165) is 13.0 Å². The summed E-state index contributed by atoms with van der Waals surface area (Å²) in [5, 5.41) is 0. The van der Waals surface area contributed by atoms with Gasteiger partial charge in [-0.3, -0.25) is 4.79 Å². The van der Waals surface area contributed by atoms with Crippen LogP contribution in [-0.2, 0) is 19.0 Å². The Hall–Kier alpha value is -0.610. The fraction of sp³-hybridized carbons (Fsp3) is 0.960. The lowest BCUT2D eigenvalue weighted by molar-refractivity contribution is -0.144. The Morgan fingerprint density at radius 2 is 0.931 bits per heavy atom. The predicted molar refractivity (Wildman–Crippen MR) is 122 cm³/mol. The first-order valence-corrected chi connectivity index (χ1v) is 12.6. The Morgan fingerprint density at radius 3 is 1.38 bits per heavy atom. The van der Waals surface area contributed by atoms with Gasteiger partial charge in [0.2, 0.25) is 0 Å². The van der Waals surface area contributed by atoms with Gasteiger partial charge in [0.1, 0.15) is 0 Å². The zero-order chi connectivity index (χ0) is 21.3. The normalized spacial score (nSPS) is 11.1. The molecule has 0 aliphatic heterocycles. The number of esters is 1. The van der Waals surface area contributed by atoms with Crippen molar-refractivity contribution in [2.24, 2.45) is 0 Å². The Labute approximate surface area is 181 Å². The Bertz CT molecular complexity index is 320. The number of carbonyl (C=O) groups excluding carboxylic acids is 1. The molecular weight excluding hydrogens is 364 g/mol. The van der Waals surface area contributed by atoms with Gasteiger partial charge in [-0.25, -0.2) is 0 Å². The van der Waals surface area contributed by atoms with Gasteiger partial charge >= 0.3 is 5.97 Å². The molecule has 0 saturated heterocycles. The second kappa shape index (κ2) is 25.4. The first-order chi connectivity index (χ1) is 14.3. The third-order valence-corrected chi connectivity index (χ3v) is 5.27. The summed E-state index contributed by atoms with van der Waals surface area (Å²) in [7, 11) is 0. The molecule has 29 heavy (non-hydrogen) atoms. The van der Waals surface area contributed by atoms with Crippen LogP contribution in [0.3, 0.4) is 0 Å². The second-order valence-corrected chi connectivity index (χ2v) is 8.08. The predicted octanol–water partition coefficient (Wildman–Crippen LogP) is 7.23. The molecule has 0 aromatic heterocycles. The molecular formula is C25H50O4. The van der Waals surface area contributed by atoms with Crippen molar-refractivity contribution in [3.05, 3.63) is 0 Å². The lowest BCUT2D eigenvalue weighted by atomic mass is 10.0. The highest BCUT2D eigenvalue weighted by molar-refractivity contribution is 5.69. The summed E-state index contributed by atoms with van der Waals surface area (Å²) in [4.78, 5) is 11.1. The van der Waals surface area contributed by atoms with E-state index in [9.17, 15) is 4.79 Å². The molecule has 0 aromatic rings. The van der Waals surface area contributed by atoms with Crippen LogP contribution in [0.1, 0.15) is 123 Å². The number of carbonyl (C=O) groups is 1. The van der Waals surface area contributed by atoms with Crippen LogP contribution in [0.5, 0.6) is 0 Å². The molecule has 0 saturated carbocycles. The fourth-order valence-electron chi connectivity index (χ4n) is 3.46. The van der Waals surface area contributed by atoms with E-state index in [1.165, 1.54) is 96.3 Å². The molecule has 0 aliphatic carbocycles. The van der Waals surface area contributed by atoms with E-state index in [0.29, 0.717) is 32.8 Å². The lowest BCUT2D eigenvalue weighted by Gasteiger charge is -2.06. The van der Waals surface area contributed by atoms with E-state index < -0.39 is 0 Å². The summed E-state index contributed by atoms with van der Waals surface area (Å²) in [6, 6.07) is 0. The Balaban J connectivity index is 3.02. The van der Waals surface area contributed by atoms with Gasteiger partial charge in [-0.2, -0.15) is 0 Å². The summed E-state index contributed by atoms with van der Waals surface area (Å²) in [6.07, 6.45) is 22.5. The van der Waals surface area contributed by atoms with Crippen LogP contribution < -0.4 is 0 Å². The molecule has 4 heteroatoms. The molecule has 0 atom stereocenters. The van der Waals surface area contributed by atoms with Crippen molar-refractivity contribution in [2.75, 3.05) is 33.0 Å². The molecule has 174 valence electrons. The number of ether oxygens (including phenoxy) is 3. The number of rotatable bonds is 24. The topological polar surface area (TPSA) is 44.8 Å². The number of unbranched alkanes of at least 4 members (excludes halogenated alkanes) is 15. The minimum atomic E-state index is -0.193. The molecule has 0 rings (SSSR count). The average molecular weight is 415 g/mol. The molecule has 0 N–H and O–H groups in total. The van der Waals surface area contributed by atoms with E-state index in [1.807, 2.05) is 6.92 Å². The highest BCUT2D eigenvalue weighted by Crippen LogP contribution is 2.13. The number of hydrogen-bond acceptors (Lipinski definition) is 4. The summed E-state index contributed by atoms with van der Waals surface area (Å²) in [6.45, 7) is 6.93. The summed E-state index contributed by atoms with van der Waals surface area (Å²) < 4.78 is 15.8. The van der Waals surface area contributed by atoms with Crippen LogP contribution >= 0.6 is 0 Å². The zero-order valence-electron chi connectivity index (χ0n) is 19.7. The molecule has 4 nitrogen and oxygen atoms in total. The van der Waals surface area contributed by atoms with Crippen molar-refractivity contribution < 1.29 is 19.0 Å². The smallest absolute Gasteiger partial charge is 0.308 e. The van der Waals surface area contributed by atoms with Crippen LogP contribution in [0.25, 0.3) is 0 Å². The maximum Gasteiger partial charge on any atom is 0.308 e. The van der Waals surface area contributed by atoms with Gasteiger partial charge in [-0.05, 0) is 13.3 Å². The van der Waals surface area contributed by atoms with Crippen LogP contribution in [-0.4, -0.2) is 39.0 Å². The van der Waals surface area contributed by atoms with Gasteiger partial charge in [-0.15, -0.1) is 0 Å². The van der Waals surface area contributed by atoms with E-state index in [4.69, 9.17) is 14.2 Å². The van der Waals surface area contributed by atoms with Gasteiger partial charge < -0.3 is 14.2 Å². The van der Waals surface area contributed by atoms with Crippen molar-refractivity contribution in [3.63, 3.8) is 0 Å².